The normalized spacial score (nSPS) is 17.6. The Labute approximate surface area is 150 Å². The summed E-state index contributed by atoms with van der Waals surface area (Å²) in [6.45, 7) is 2.51. The summed E-state index contributed by atoms with van der Waals surface area (Å²) >= 11 is 6.01. The molecular formula is C18H18ClN5O. The smallest absolute Gasteiger partial charge is 0.232 e. The molecule has 1 fully saturated rings. The molecule has 0 aliphatic carbocycles. The summed E-state index contributed by atoms with van der Waals surface area (Å²) in [5.74, 6) is 1.90. The van der Waals surface area contributed by atoms with Crippen LogP contribution in [0.3, 0.4) is 0 Å². The third kappa shape index (κ3) is 3.79. The van der Waals surface area contributed by atoms with E-state index in [0.29, 0.717) is 23.4 Å². The van der Waals surface area contributed by atoms with Crippen LogP contribution in [0.5, 0.6) is 5.88 Å². The summed E-state index contributed by atoms with van der Waals surface area (Å²) in [7, 11) is 0. The van der Waals surface area contributed by atoms with Crippen LogP contribution >= 0.6 is 11.6 Å². The van der Waals surface area contributed by atoms with Gasteiger partial charge in [-0.05, 0) is 31.0 Å². The lowest BCUT2D eigenvalue weighted by Gasteiger charge is -2.33. The predicted molar refractivity (Wildman–Crippen MR) is 97.0 cm³/mol. The maximum atomic E-state index is 6.01. The summed E-state index contributed by atoms with van der Waals surface area (Å²) in [4.78, 5) is 19.7. The van der Waals surface area contributed by atoms with Crippen LogP contribution in [0, 0.1) is 5.92 Å². The van der Waals surface area contributed by atoms with E-state index in [9.17, 15) is 0 Å². The van der Waals surface area contributed by atoms with E-state index in [0.717, 1.165) is 42.8 Å². The Hall–Kier alpha value is -2.47. The van der Waals surface area contributed by atoms with Gasteiger partial charge in [0.1, 0.15) is 5.82 Å². The maximum Gasteiger partial charge on any atom is 0.232 e. The van der Waals surface area contributed by atoms with Crippen molar-refractivity contribution in [3.05, 3.63) is 48.0 Å². The second-order valence-electron chi connectivity index (χ2n) is 6.17. The van der Waals surface area contributed by atoms with E-state index in [4.69, 9.17) is 21.3 Å². The van der Waals surface area contributed by atoms with Gasteiger partial charge < -0.3 is 9.64 Å². The molecular weight excluding hydrogens is 338 g/mol. The van der Waals surface area contributed by atoms with E-state index < -0.39 is 0 Å². The standard InChI is InChI=1S/C18H18ClN5O/c19-14-3-4-15-16(8-14)22-9-17(23-15)24-7-1-2-13(11-24)12-25-18-10-20-5-6-21-18/h3-6,8-10,13H,1-2,7,11-12H2. The minimum atomic E-state index is 0.429. The maximum absolute atomic E-state index is 6.01. The van der Waals surface area contributed by atoms with Crippen LogP contribution in [0.1, 0.15) is 12.8 Å². The molecule has 3 aromatic rings. The lowest BCUT2D eigenvalue weighted by Crippen LogP contribution is -2.38. The SMILES string of the molecule is Clc1ccc2nc(N3CCCC(COc4cnccn4)C3)cnc2c1. The molecule has 0 radical (unpaired) electrons. The number of fused-ring (bicyclic) bond motifs is 1. The number of piperidine rings is 1. The fourth-order valence-electron chi connectivity index (χ4n) is 3.10. The van der Waals surface area contributed by atoms with Crippen LogP contribution in [0.2, 0.25) is 5.02 Å². The average Bonchev–Trinajstić information content (AvgIpc) is 2.67. The van der Waals surface area contributed by atoms with E-state index in [2.05, 4.69) is 19.9 Å². The van der Waals surface area contributed by atoms with E-state index >= 15 is 0 Å². The van der Waals surface area contributed by atoms with E-state index in [-0.39, 0.29) is 0 Å². The molecule has 1 aromatic carbocycles. The molecule has 2 aromatic heterocycles. The number of rotatable bonds is 4. The number of halogens is 1. The van der Waals surface area contributed by atoms with Crippen molar-refractivity contribution in [1.82, 2.24) is 19.9 Å². The fraction of sp³-hybridized carbons (Fsp3) is 0.333. The van der Waals surface area contributed by atoms with Gasteiger partial charge in [0, 0.05) is 36.4 Å². The quantitative estimate of drug-likeness (QED) is 0.715. The van der Waals surface area contributed by atoms with Gasteiger partial charge in [0.05, 0.1) is 30.0 Å². The van der Waals surface area contributed by atoms with Crippen LogP contribution in [-0.4, -0.2) is 39.6 Å². The highest BCUT2D eigenvalue weighted by Crippen LogP contribution is 2.24. The van der Waals surface area contributed by atoms with Crippen molar-refractivity contribution in [1.29, 1.82) is 0 Å². The lowest BCUT2D eigenvalue weighted by atomic mass is 9.99. The van der Waals surface area contributed by atoms with E-state index in [1.54, 1.807) is 18.6 Å². The number of hydrogen-bond acceptors (Lipinski definition) is 6. The van der Waals surface area contributed by atoms with Gasteiger partial charge in [-0.25, -0.2) is 9.97 Å². The molecule has 128 valence electrons. The Kier molecular flexibility index (Phi) is 4.61. The summed E-state index contributed by atoms with van der Waals surface area (Å²) in [5.41, 5.74) is 1.68. The number of nitrogens with zero attached hydrogens (tertiary/aromatic N) is 5. The Bertz CT molecular complexity index is 860. The zero-order valence-corrected chi connectivity index (χ0v) is 14.4. The molecule has 0 saturated carbocycles. The fourth-order valence-corrected chi connectivity index (χ4v) is 3.27. The van der Waals surface area contributed by atoms with Crippen molar-refractivity contribution >= 4 is 28.5 Å². The number of benzene rings is 1. The highest BCUT2D eigenvalue weighted by Gasteiger charge is 2.22. The number of anilines is 1. The average molecular weight is 356 g/mol. The molecule has 1 saturated heterocycles. The highest BCUT2D eigenvalue weighted by molar-refractivity contribution is 6.31. The minimum Gasteiger partial charge on any atom is -0.476 e. The second-order valence-corrected chi connectivity index (χ2v) is 6.61. The van der Waals surface area contributed by atoms with E-state index in [1.165, 1.54) is 0 Å². The molecule has 0 N–H and O–H groups in total. The largest absolute Gasteiger partial charge is 0.476 e. The third-order valence-corrected chi connectivity index (χ3v) is 4.58. The molecule has 1 aliphatic heterocycles. The summed E-state index contributed by atoms with van der Waals surface area (Å²) in [6, 6.07) is 5.59. The van der Waals surface area contributed by atoms with Gasteiger partial charge in [0.2, 0.25) is 5.88 Å². The van der Waals surface area contributed by atoms with Crippen LogP contribution in [-0.2, 0) is 0 Å². The molecule has 1 atom stereocenters. The first-order valence-electron chi connectivity index (χ1n) is 8.34. The molecule has 3 heterocycles. The Morgan fingerprint density at radius 1 is 1.16 bits per heavy atom. The van der Waals surface area contributed by atoms with Gasteiger partial charge in [0.25, 0.3) is 0 Å². The second kappa shape index (κ2) is 7.19. The highest BCUT2D eigenvalue weighted by atomic mass is 35.5. The first-order valence-corrected chi connectivity index (χ1v) is 8.72. The monoisotopic (exact) mass is 355 g/mol. The van der Waals surface area contributed by atoms with Gasteiger partial charge in [-0.3, -0.25) is 9.97 Å². The topological polar surface area (TPSA) is 64.0 Å². The molecule has 6 nitrogen and oxygen atoms in total. The van der Waals surface area contributed by atoms with Crippen molar-refractivity contribution in [3.8, 4) is 5.88 Å². The van der Waals surface area contributed by atoms with Gasteiger partial charge in [-0.15, -0.1) is 0 Å². The van der Waals surface area contributed by atoms with Crippen molar-refractivity contribution in [3.63, 3.8) is 0 Å². The number of ether oxygens (including phenoxy) is 1. The molecule has 0 amide bonds. The molecule has 1 unspecified atom stereocenters. The lowest BCUT2D eigenvalue weighted by molar-refractivity contribution is 0.221. The van der Waals surface area contributed by atoms with Crippen molar-refractivity contribution < 1.29 is 4.74 Å². The Morgan fingerprint density at radius 3 is 3.00 bits per heavy atom. The van der Waals surface area contributed by atoms with Gasteiger partial charge in [-0.2, -0.15) is 0 Å². The van der Waals surface area contributed by atoms with Crippen molar-refractivity contribution in [2.24, 2.45) is 5.92 Å². The third-order valence-electron chi connectivity index (χ3n) is 4.34. The van der Waals surface area contributed by atoms with Crippen LogP contribution < -0.4 is 9.64 Å². The van der Waals surface area contributed by atoms with Gasteiger partial charge in [-0.1, -0.05) is 11.6 Å². The molecule has 1 aliphatic rings. The first kappa shape index (κ1) is 16.0. The molecule has 0 bridgehead atoms. The molecule has 0 spiro atoms. The zero-order chi connectivity index (χ0) is 17.1. The number of aromatic nitrogens is 4. The van der Waals surface area contributed by atoms with Gasteiger partial charge in [0.15, 0.2) is 0 Å². The van der Waals surface area contributed by atoms with Crippen LogP contribution in [0.4, 0.5) is 5.82 Å². The first-order chi connectivity index (χ1) is 12.3. The predicted octanol–water partition coefficient (Wildman–Crippen LogP) is 3.37. The van der Waals surface area contributed by atoms with E-state index in [1.807, 2.05) is 24.4 Å². The van der Waals surface area contributed by atoms with Gasteiger partial charge >= 0.3 is 0 Å². The van der Waals surface area contributed by atoms with Crippen LogP contribution in [0.25, 0.3) is 11.0 Å². The molecule has 7 heteroatoms. The summed E-state index contributed by atoms with van der Waals surface area (Å²) in [5, 5.41) is 0.675. The van der Waals surface area contributed by atoms with Crippen LogP contribution in [0.15, 0.2) is 43.0 Å². The zero-order valence-electron chi connectivity index (χ0n) is 13.7. The number of hydrogen-bond donors (Lipinski definition) is 0. The van der Waals surface area contributed by atoms with Crippen molar-refractivity contribution in [2.45, 2.75) is 12.8 Å². The minimum absolute atomic E-state index is 0.429. The summed E-state index contributed by atoms with van der Waals surface area (Å²) < 4.78 is 5.76. The summed E-state index contributed by atoms with van der Waals surface area (Å²) in [6.07, 6.45) is 8.98. The molecule has 25 heavy (non-hydrogen) atoms. The molecule has 4 rings (SSSR count). The Balaban J connectivity index is 1.44. The van der Waals surface area contributed by atoms with Crippen molar-refractivity contribution in [2.75, 3.05) is 24.6 Å². The Morgan fingerprint density at radius 2 is 2.12 bits per heavy atom.